The summed E-state index contributed by atoms with van der Waals surface area (Å²) in [5, 5.41) is 9.57. The molecule has 0 atom stereocenters. The van der Waals surface area contributed by atoms with E-state index in [9.17, 15) is 18.0 Å². The van der Waals surface area contributed by atoms with Crippen LogP contribution in [0, 0.1) is 6.92 Å². The number of ether oxygens (including phenoxy) is 1. The molecule has 30 heavy (non-hydrogen) atoms. The second kappa shape index (κ2) is 9.37. The first-order valence-electron chi connectivity index (χ1n) is 9.07. The Kier molecular flexibility index (Phi) is 6.85. The average Bonchev–Trinajstić information content (AvgIpc) is 2.71. The summed E-state index contributed by atoms with van der Waals surface area (Å²) in [5.74, 6) is -0.444. The van der Waals surface area contributed by atoms with Crippen molar-refractivity contribution in [1.82, 2.24) is 0 Å². The second-order valence-corrected chi connectivity index (χ2v) is 8.87. The number of aryl methyl sites for hydroxylation is 1. The SMILES string of the molecule is Cc1cc([Se]Cc2ccc(-c3ccc(C(F)(F)F)cc3)cc2)ccc1OCC(=O)O. The van der Waals surface area contributed by atoms with Gasteiger partial charge in [0.2, 0.25) is 0 Å². The van der Waals surface area contributed by atoms with Gasteiger partial charge >= 0.3 is 179 Å². The van der Waals surface area contributed by atoms with Crippen LogP contribution in [-0.4, -0.2) is 32.6 Å². The quantitative estimate of drug-likeness (QED) is 0.501. The number of halogens is 3. The van der Waals surface area contributed by atoms with Crippen molar-refractivity contribution in [2.45, 2.75) is 18.4 Å². The normalized spacial score (nSPS) is 11.3. The molecular formula is C23H19F3O3Se. The molecule has 3 aromatic carbocycles. The Bertz CT molecular complexity index is 1010. The number of carboxylic acid groups (broad SMARTS) is 1. The van der Waals surface area contributed by atoms with E-state index in [-0.39, 0.29) is 21.6 Å². The Morgan fingerprint density at radius 2 is 1.57 bits per heavy atom. The molecule has 0 unspecified atom stereocenters. The molecule has 7 heteroatoms. The maximum absolute atomic E-state index is 12.7. The van der Waals surface area contributed by atoms with Gasteiger partial charge in [0.05, 0.1) is 0 Å². The summed E-state index contributed by atoms with van der Waals surface area (Å²) in [5.41, 5.74) is 3.01. The number of carboxylic acids is 1. The molecule has 0 saturated carbocycles. The third kappa shape index (κ3) is 5.88. The predicted molar refractivity (Wildman–Crippen MR) is 110 cm³/mol. The van der Waals surface area contributed by atoms with E-state index in [1.165, 1.54) is 16.6 Å². The Morgan fingerprint density at radius 3 is 2.10 bits per heavy atom. The van der Waals surface area contributed by atoms with Crippen molar-refractivity contribution in [3.63, 3.8) is 0 Å². The number of alkyl halides is 3. The number of hydrogen-bond acceptors (Lipinski definition) is 2. The van der Waals surface area contributed by atoms with Gasteiger partial charge in [-0.05, 0) is 0 Å². The molecule has 0 spiro atoms. The van der Waals surface area contributed by atoms with Crippen molar-refractivity contribution >= 4 is 25.4 Å². The second-order valence-electron chi connectivity index (χ2n) is 6.67. The van der Waals surface area contributed by atoms with Gasteiger partial charge in [-0.3, -0.25) is 0 Å². The summed E-state index contributed by atoms with van der Waals surface area (Å²) >= 11 is 0.186. The molecule has 0 aliphatic rings. The van der Waals surface area contributed by atoms with Gasteiger partial charge in [-0.25, -0.2) is 0 Å². The van der Waals surface area contributed by atoms with Gasteiger partial charge in [0, 0.05) is 0 Å². The molecule has 0 saturated heterocycles. The van der Waals surface area contributed by atoms with E-state index in [4.69, 9.17) is 9.84 Å². The molecule has 0 aliphatic heterocycles. The van der Waals surface area contributed by atoms with Crippen molar-refractivity contribution in [2.24, 2.45) is 0 Å². The van der Waals surface area contributed by atoms with Gasteiger partial charge in [-0.15, -0.1) is 0 Å². The van der Waals surface area contributed by atoms with Crippen molar-refractivity contribution in [3.8, 4) is 16.9 Å². The van der Waals surface area contributed by atoms with Crippen LogP contribution in [0.25, 0.3) is 11.1 Å². The first-order chi connectivity index (χ1) is 14.2. The van der Waals surface area contributed by atoms with Crippen molar-refractivity contribution in [1.29, 1.82) is 0 Å². The Balaban J connectivity index is 1.61. The first-order valence-corrected chi connectivity index (χ1v) is 11.1. The van der Waals surface area contributed by atoms with Crippen LogP contribution in [-0.2, 0) is 16.3 Å². The number of carbonyl (C=O) groups is 1. The van der Waals surface area contributed by atoms with E-state index < -0.39 is 17.7 Å². The average molecular weight is 479 g/mol. The van der Waals surface area contributed by atoms with Gasteiger partial charge < -0.3 is 0 Å². The summed E-state index contributed by atoms with van der Waals surface area (Å²) in [4.78, 5) is 10.6. The summed E-state index contributed by atoms with van der Waals surface area (Å²) < 4.78 is 44.5. The zero-order chi connectivity index (χ0) is 21.7. The van der Waals surface area contributed by atoms with E-state index >= 15 is 0 Å². The standard InChI is InChI=1S/C23H19F3O3Se/c1-15-12-20(10-11-21(15)29-13-22(27)28)30-14-16-2-4-17(5-3-16)18-6-8-19(9-7-18)23(24,25)26/h2-12H,13-14H2,1H3,(H,27,28). The fraction of sp³-hybridized carbons (Fsp3) is 0.174. The van der Waals surface area contributed by atoms with Crippen LogP contribution in [0.5, 0.6) is 5.75 Å². The molecule has 0 aliphatic carbocycles. The number of rotatable bonds is 7. The number of hydrogen-bond donors (Lipinski definition) is 1. The molecule has 3 aromatic rings. The predicted octanol–water partition coefficient (Wildman–Crippen LogP) is 4.67. The summed E-state index contributed by atoms with van der Waals surface area (Å²) in [7, 11) is 0. The van der Waals surface area contributed by atoms with Crippen molar-refractivity contribution in [2.75, 3.05) is 6.61 Å². The summed E-state index contributed by atoms with van der Waals surface area (Å²) in [6.07, 6.45) is -4.33. The first kappa shape index (κ1) is 21.9. The molecule has 156 valence electrons. The number of aliphatic carboxylic acids is 1. The van der Waals surface area contributed by atoms with Crippen LogP contribution < -0.4 is 9.20 Å². The minimum atomic E-state index is -4.33. The molecule has 0 amide bonds. The van der Waals surface area contributed by atoms with Crippen molar-refractivity contribution < 1.29 is 27.8 Å². The zero-order valence-corrected chi connectivity index (χ0v) is 17.8. The monoisotopic (exact) mass is 480 g/mol. The molecule has 0 fully saturated rings. The van der Waals surface area contributed by atoms with E-state index in [0.29, 0.717) is 5.75 Å². The topological polar surface area (TPSA) is 46.5 Å². The Labute approximate surface area is 178 Å². The van der Waals surface area contributed by atoms with E-state index in [0.717, 1.165) is 39.7 Å². The van der Waals surface area contributed by atoms with Gasteiger partial charge in [-0.2, -0.15) is 0 Å². The number of benzene rings is 3. The van der Waals surface area contributed by atoms with E-state index in [2.05, 4.69) is 0 Å². The Morgan fingerprint density at radius 1 is 0.967 bits per heavy atom. The molecule has 1 N–H and O–H groups in total. The molecule has 0 radical (unpaired) electrons. The van der Waals surface area contributed by atoms with Gasteiger partial charge in [0.15, 0.2) is 0 Å². The third-order valence-corrected chi connectivity index (χ3v) is 6.64. The fourth-order valence-corrected chi connectivity index (χ4v) is 4.82. The van der Waals surface area contributed by atoms with Crippen molar-refractivity contribution in [3.05, 3.63) is 83.4 Å². The van der Waals surface area contributed by atoms with E-state index in [1.54, 1.807) is 6.07 Å². The van der Waals surface area contributed by atoms with Crippen LogP contribution >= 0.6 is 0 Å². The zero-order valence-electron chi connectivity index (χ0n) is 16.1. The van der Waals surface area contributed by atoms with Crippen LogP contribution in [0.1, 0.15) is 16.7 Å². The van der Waals surface area contributed by atoms with Gasteiger partial charge in [0.1, 0.15) is 0 Å². The molecule has 0 heterocycles. The molecule has 3 rings (SSSR count). The Hall–Kier alpha value is -2.76. The van der Waals surface area contributed by atoms with Crippen LogP contribution in [0.3, 0.4) is 0 Å². The molecule has 0 bridgehead atoms. The van der Waals surface area contributed by atoms with Gasteiger partial charge in [-0.1, -0.05) is 0 Å². The molecule has 0 aromatic heterocycles. The third-order valence-electron chi connectivity index (χ3n) is 4.40. The molecular weight excluding hydrogens is 460 g/mol. The van der Waals surface area contributed by atoms with E-state index in [1.807, 2.05) is 43.3 Å². The molecule has 3 nitrogen and oxygen atoms in total. The fourth-order valence-electron chi connectivity index (χ4n) is 2.82. The minimum absolute atomic E-state index is 0.186. The summed E-state index contributed by atoms with van der Waals surface area (Å²) in [6, 6.07) is 18.7. The van der Waals surface area contributed by atoms with Gasteiger partial charge in [0.25, 0.3) is 0 Å². The van der Waals surface area contributed by atoms with Crippen LogP contribution in [0.4, 0.5) is 13.2 Å². The summed E-state index contributed by atoms with van der Waals surface area (Å²) in [6.45, 7) is 1.52. The van der Waals surface area contributed by atoms with Crippen LogP contribution in [0.2, 0.25) is 0 Å². The maximum atomic E-state index is 12.7. The van der Waals surface area contributed by atoms with Crippen LogP contribution in [0.15, 0.2) is 66.7 Å².